The molecule has 1 rings (SSSR count). The summed E-state index contributed by atoms with van der Waals surface area (Å²) in [7, 11) is -4.31. The molecule has 0 aliphatic rings. The van der Waals surface area contributed by atoms with Gasteiger partial charge in [-0.25, -0.2) is 17.9 Å². The van der Waals surface area contributed by atoms with Gasteiger partial charge in [0.2, 0.25) is 10.0 Å². The number of nitro benzene ring substituents is 1. The Morgan fingerprint density at radius 3 is 2.40 bits per heavy atom. The van der Waals surface area contributed by atoms with Crippen LogP contribution in [0.15, 0.2) is 21.5 Å². The Kier molecular flexibility index (Phi) is 3.07. The van der Waals surface area contributed by atoms with Gasteiger partial charge in [0, 0.05) is 6.07 Å². The maximum atomic E-state index is 13.1. The molecule has 1 aromatic carbocycles. The highest BCUT2D eigenvalue weighted by Gasteiger charge is 2.22. The summed E-state index contributed by atoms with van der Waals surface area (Å²) < 4.78 is 34.6. The third-order valence-electron chi connectivity index (χ3n) is 1.50. The fourth-order valence-corrected chi connectivity index (χ4v) is 1.94. The summed E-state index contributed by atoms with van der Waals surface area (Å²) in [6.07, 6.45) is 0. The normalized spacial score (nSPS) is 11.4. The molecule has 0 saturated heterocycles. The Labute approximate surface area is 92.2 Å². The number of benzene rings is 1. The molecule has 0 spiro atoms. The lowest BCUT2D eigenvalue weighted by Gasteiger charge is -2.01. The zero-order valence-corrected chi connectivity index (χ0v) is 9.38. The maximum absolute atomic E-state index is 13.1. The first kappa shape index (κ1) is 12.0. The van der Waals surface area contributed by atoms with Gasteiger partial charge < -0.3 is 0 Å². The van der Waals surface area contributed by atoms with Crippen LogP contribution in [0.3, 0.4) is 0 Å². The Morgan fingerprint density at radius 2 is 2.00 bits per heavy atom. The van der Waals surface area contributed by atoms with Crippen LogP contribution in [0, 0.1) is 15.9 Å². The van der Waals surface area contributed by atoms with Crippen LogP contribution in [0.2, 0.25) is 0 Å². The average Bonchev–Trinajstić information content (AvgIpc) is 2.00. The zero-order valence-electron chi connectivity index (χ0n) is 6.98. The van der Waals surface area contributed by atoms with Gasteiger partial charge in [-0.3, -0.25) is 10.1 Å². The van der Waals surface area contributed by atoms with Crippen molar-refractivity contribution in [2.45, 2.75) is 4.90 Å². The molecule has 0 aromatic heterocycles. The van der Waals surface area contributed by atoms with Gasteiger partial charge in [-0.15, -0.1) is 0 Å². The van der Waals surface area contributed by atoms with Gasteiger partial charge in [-0.1, -0.05) is 0 Å². The summed E-state index contributed by atoms with van der Waals surface area (Å²) in [6, 6.07) is 1.24. The van der Waals surface area contributed by atoms with Gasteiger partial charge in [-0.2, -0.15) is 0 Å². The van der Waals surface area contributed by atoms with Crippen LogP contribution >= 0.6 is 15.9 Å². The highest BCUT2D eigenvalue weighted by atomic mass is 79.9. The summed E-state index contributed by atoms with van der Waals surface area (Å²) in [5.74, 6) is -1.14. The number of nitro groups is 1. The van der Waals surface area contributed by atoms with E-state index >= 15 is 0 Å². The first-order valence-corrected chi connectivity index (χ1v) is 5.73. The minimum atomic E-state index is -4.31. The summed E-state index contributed by atoms with van der Waals surface area (Å²) >= 11 is 2.73. The smallest absolute Gasteiger partial charge is 0.258 e. The lowest BCUT2D eigenvalue weighted by Crippen LogP contribution is -2.14. The van der Waals surface area contributed by atoms with Crippen LogP contribution in [-0.4, -0.2) is 13.3 Å². The highest BCUT2D eigenvalue weighted by Crippen LogP contribution is 2.29. The molecule has 0 saturated carbocycles. The van der Waals surface area contributed by atoms with E-state index in [4.69, 9.17) is 0 Å². The zero-order chi connectivity index (χ0) is 11.8. The average molecular weight is 299 g/mol. The van der Waals surface area contributed by atoms with Crippen LogP contribution in [0.4, 0.5) is 10.1 Å². The van der Waals surface area contributed by atoms with Crippen molar-refractivity contribution >= 4 is 31.6 Å². The Hall–Kier alpha value is -1.06. The molecule has 0 amide bonds. The van der Waals surface area contributed by atoms with Gasteiger partial charge in [0.1, 0.15) is 10.7 Å². The second-order valence-electron chi connectivity index (χ2n) is 2.54. The second-order valence-corrected chi connectivity index (χ2v) is 4.92. The van der Waals surface area contributed by atoms with E-state index in [1.165, 1.54) is 0 Å². The molecule has 0 aliphatic heterocycles. The van der Waals surface area contributed by atoms with Crippen molar-refractivity contribution in [3.05, 3.63) is 32.5 Å². The summed E-state index contributed by atoms with van der Waals surface area (Å²) in [6.45, 7) is 0. The molecule has 0 radical (unpaired) electrons. The first-order valence-electron chi connectivity index (χ1n) is 3.39. The quantitative estimate of drug-likeness (QED) is 0.653. The molecule has 82 valence electrons. The van der Waals surface area contributed by atoms with Crippen LogP contribution in [0.25, 0.3) is 0 Å². The molecule has 15 heavy (non-hydrogen) atoms. The van der Waals surface area contributed by atoms with Gasteiger partial charge >= 0.3 is 0 Å². The third kappa shape index (κ3) is 2.49. The third-order valence-corrected chi connectivity index (χ3v) is 3.07. The van der Waals surface area contributed by atoms with Gasteiger partial charge in [0.05, 0.1) is 9.40 Å². The van der Waals surface area contributed by atoms with Crippen LogP contribution in [-0.2, 0) is 10.0 Å². The van der Waals surface area contributed by atoms with E-state index in [2.05, 4.69) is 21.1 Å². The standard InChI is InChI=1S/C6H4BrFN2O4S/c7-3-1-4(8)6(15(9,13)14)2-5(3)10(11)12/h1-2H,(H2,9,13,14). The maximum Gasteiger partial charge on any atom is 0.285 e. The summed E-state index contributed by atoms with van der Waals surface area (Å²) in [5.41, 5.74) is -0.569. The molecule has 0 aliphatic carbocycles. The van der Waals surface area contributed by atoms with E-state index in [1.54, 1.807) is 0 Å². The highest BCUT2D eigenvalue weighted by molar-refractivity contribution is 9.10. The molecule has 0 unspecified atom stereocenters. The van der Waals surface area contributed by atoms with Crippen molar-refractivity contribution in [2.24, 2.45) is 5.14 Å². The second kappa shape index (κ2) is 3.83. The molecule has 0 bridgehead atoms. The minimum absolute atomic E-state index is 0.155. The number of hydrogen-bond acceptors (Lipinski definition) is 4. The van der Waals surface area contributed by atoms with Crippen molar-refractivity contribution in [1.29, 1.82) is 0 Å². The van der Waals surface area contributed by atoms with Gasteiger partial charge in [0.25, 0.3) is 5.69 Å². The molecule has 0 heterocycles. The molecule has 0 fully saturated rings. The van der Waals surface area contributed by atoms with Crippen molar-refractivity contribution in [3.63, 3.8) is 0 Å². The number of rotatable bonds is 2. The predicted octanol–water partition coefficient (Wildman–Crippen LogP) is 1.14. The number of halogens is 2. The topological polar surface area (TPSA) is 103 Å². The van der Waals surface area contributed by atoms with Crippen molar-refractivity contribution < 1.29 is 17.7 Å². The van der Waals surface area contributed by atoms with Gasteiger partial charge in [0.15, 0.2) is 0 Å². The number of hydrogen-bond donors (Lipinski definition) is 1. The monoisotopic (exact) mass is 298 g/mol. The van der Waals surface area contributed by atoms with E-state index in [9.17, 15) is 22.9 Å². The number of nitrogens with two attached hydrogens (primary N) is 1. The first-order chi connectivity index (χ1) is 6.73. The summed E-state index contributed by atoms with van der Waals surface area (Å²) in [4.78, 5) is 8.68. The van der Waals surface area contributed by atoms with Crippen molar-refractivity contribution in [1.82, 2.24) is 0 Å². The van der Waals surface area contributed by atoms with Crippen molar-refractivity contribution in [3.8, 4) is 0 Å². The molecule has 6 nitrogen and oxygen atoms in total. The van der Waals surface area contributed by atoms with Crippen molar-refractivity contribution in [2.75, 3.05) is 0 Å². The molecular formula is C6H4BrFN2O4S. The molecule has 2 N–H and O–H groups in total. The fraction of sp³-hybridized carbons (Fsp3) is 0. The molecule has 0 atom stereocenters. The van der Waals surface area contributed by atoms with E-state index < -0.39 is 31.3 Å². The molecule has 1 aromatic rings. The minimum Gasteiger partial charge on any atom is -0.258 e. The van der Waals surface area contributed by atoms with Crippen LogP contribution in [0.1, 0.15) is 0 Å². The van der Waals surface area contributed by atoms with E-state index in [1.807, 2.05) is 0 Å². The SMILES string of the molecule is NS(=O)(=O)c1cc([N+](=O)[O-])c(Br)cc1F. The number of sulfonamides is 1. The predicted molar refractivity (Wildman–Crippen MR) is 52.1 cm³/mol. The van der Waals surface area contributed by atoms with Crippen LogP contribution < -0.4 is 5.14 Å². The Balaban J connectivity index is 3.58. The number of primary sulfonamides is 1. The van der Waals surface area contributed by atoms with E-state index in [0.29, 0.717) is 12.1 Å². The molecular weight excluding hydrogens is 295 g/mol. The Bertz CT molecular complexity index is 530. The van der Waals surface area contributed by atoms with Crippen LogP contribution in [0.5, 0.6) is 0 Å². The Morgan fingerprint density at radius 1 is 1.47 bits per heavy atom. The fourth-order valence-electron chi connectivity index (χ4n) is 0.876. The van der Waals surface area contributed by atoms with E-state index in [-0.39, 0.29) is 4.47 Å². The largest absolute Gasteiger partial charge is 0.285 e. The molecule has 9 heteroatoms. The van der Waals surface area contributed by atoms with Gasteiger partial charge in [-0.05, 0) is 22.0 Å². The summed E-state index contributed by atoms with van der Waals surface area (Å²) in [5, 5.41) is 15.1. The lowest BCUT2D eigenvalue weighted by molar-refractivity contribution is -0.385. The number of nitrogens with zero attached hydrogens (tertiary/aromatic N) is 1. The van der Waals surface area contributed by atoms with E-state index in [0.717, 1.165) is 0 Å². The lowest BCUT2D eigenvalue weighted by atomic mass is 10.3.